The molecule has 0 amide bonds. The molecule has 0 bridgehead atoms. The molecule has 1 aliphatic rings. The Labute approximate surface area is 105 Å². The maximum atomic E-state index is 3.50. The Morgan fingerprint density at radius 1 is 1.12 bits per heavy atom. The highest BCUT2D eigenvalue weighted by molar-refractivity contribution is 5.46. The molecule has 0 saturated heterocycles. The van der Waals surface area contributed by atoms with Crippen molar-refractivity contribution < 1.29 is 0 Å². The fourth-order valence-corrected chi connectivity index (χ4v) is 2.95. The van der Waals surface area contributed by atoms with Crippen LogP contribution in [0.25, 0.3) is 0 Å². The highest BCUT2D eigenvalue weighted by Crippen LogP contribution is 2.35. The molecule has 1 N–H and O–H groups in total. The van der Waals surface area contributed by atoms with Crippen LogP contribution < -0.4 is 10.2 Å². The van der Waals surface area contributed by atoms with Gasteiger partial charge in [0, 0.05) is 25.8 Å². The lowest BCUT2D eigenvalue weighted by Crippen LogP contribution is -2.23. The number of hydrogen-bond donors (Lipinski definition) is 1. The molecule has 94 valence electrons. The van der Waals surface area contributed by atoms with Crippen molar-refractivity contribution in [1.29, 1.82) is 0 Å². The predicted octanol–water partition coefficient (Wildman–Crippen LogP) is 3.20. The number of nitrogens with one attached hydrogen (secondary N) is 1. The zero-order chi connectivity index (χ0) is 12.3. The third-order valence-electron chi connectivity index (χ3n) is 3.95. The number of benzene rings is 1. The molecular formula is C15H24N2. The number of anilines is 1. The molecule has 0 aromatic heterocycles. The van der Waals surface area contributed by atoms with Crippen molar-refractivity contribution in [2.24, 2.45) is 5.92 Å². The van der Waals surface area contributed by atoms with Gasteiger partial charge in [-0.15, -0.1) is 0 Å². The SMILES string of the molecule is CNC(c1ccc(N(C)C)cc1)C1CCCC1. The zero-order valence-electron chi connectivity index (χ0n) is 11.2. The van der Waals surface area contributed by atoms with Crippen LogP contribution in [0.2, 0.25) is 0 Å². The van der Waals surface area contributed by atoms with Gasteiger partial charge in [-0.25, -0.2) is 0 Å². The molecular weight excluding hydrogens is 208 g/mol. The average molecular weight is 232 g/mol. The highest BCUT2D eigenvalue weighted by atomic mass is 15.1. The van der Waals surface area contributed by atoms with E-state index in [4.69, 9.17) is 0 Å². The Kier molecular flexibility index (Phi) is 4.06. The first-order valence-electron chi connectivity index (χ1n) is 6.67. The predicted molar refractivity (Wildman–Crippen MR) is 74.5 cm³/mol. The van der Waals surface area contributed by atoms with Gasteiger partial charge in [0.25, 0.3) is 0 Å². The Morgan fingerprint density at radius 2 is 1.71 bits per heavy atom. The fraction of sp³-hybridized carbons (Fsp3) is 0.600. The van der Waals surface area contributed by atoms with Crippen molar-refractivity contribution in [2.45, 2.75) is 31.7 Å². The Balaban J connectivity index is 2.13. The molecule has 0 heterocycles. The van der Waals surface area contributed by atoms with Crippen molar-refractivity contribution in [3.05, 3.63) is 29.8 Å². The standard InChI is InChI=1S/C15H24N2/c1-16-15(12-6-4-5-7-12)13-8-10-14(11-9-13)17(2)3/h8-12,15-16H,4-7H2,1-3H3. The van der Waals surface area contributed by atoms with Crippen LogP contribution in [0.15, 0.2) is 24.3 Å². The Morgan fingerprint density at radius 3 is 2.18 bits per heavy atom. The Hall–Kier alpha value is -1.02. The van der Waals surface area contributed by atoms with Crippen molar-refractivity contribution in [3.8, 4) is 0 Å². The molecule has 2 heteroatoms. The summed E-state index contributed by atoms with van der Waals surface area (Å²) in [6.45, 7) is 0. The molecule has 1 saturated carbocycles. The first-order valence-corrected chi connectivity index (χ1v) is 6.67. The van der Waals surface area contributed by atoms with E-state index in [1.54, 1.807) is 0 Å². The Bertz CT molecular complexity index is 336. The summed E-state index contributed by atoms with van der Waals surface area (Å²) in [4.78, 5) is 2.15. The quantitative estimate of drug-likeness (QED) is 0.857. The van der Waals surface area contributed by atoms with Crippen LogP contribution in [0.5, 0.6) is 0 Å². The van der Waals surface area contributed by atoms with Gasteiger partial charge in [0.05, 0.1) is 0 Å². The minimum absolute atomic E-state index is 0.536. The molecule has 0 spiro atoms. The lowest BCUT2D eigenvalue weighted by atomic mass is 9.91. The van der Waals surface area contributed by atoms with Gasteiger partial charge in [0.1, 0.15) is 0 Å². The minimum Gasteiger partial charge on any atom is -0.378 e. The summed E-state index contributed by atoms with van der Waals surface area (Å²) >= 11 is 0. The van der Waals surface area contributed by atoms with Gasteiger partial charge in [-0.05, 0) is 43.5 Å². The summed E-state index contributed by atoms with van der Waals surface area (Å²) in [5.41, 5.74) is 2.71. The van der Waals surface area contributed by atoms with E-state index in [1.165, 1.54) is 36.9 Å². The summed E-state index contributed by atoms with van der Waals surface area (Å²) in [6, 6.07) is 9.51. The van der Waals surface area contributed by atoms with Crippen LogP contribution in [0.4, 0.5) is 5.69 Å². The van der Waals surface area contributed by atoms with Crippen LogP contribution in [0, 0.1) is 5.92 Å². The van der Waals surface area contributed by atoms with E-state index in [1.807, 2.05) is 0 Å². The van der Waals surface area contributed by atoms with Crippen LogP contribution in [-0.2, 0) is 0 Å². The van der Waals surface area contributed by atoms with Crippen LogP contribution >= 0.6 is 0 Å². The molecule has 1 fully saturated rings. The summed E-state index contributed by atoms with van der Waals surface area (Å²) < 4.78 is 0. The van der Waals surface area contributed by atoms with Gasteiger partial charge in [-0.3, -0.25) is 0 Å². The van der Waals surface area contributed by atoms with Gasteiger partial charge in [0.15, 0.2) is 0 Å². The minimum atomic E-state index is 0.536. The maximum Gasteiger partial charge on any atom is 0.0361 e. The van der Waals surface area contributed by atoms with Gasteiger partial charge in [0.2, 0.25) is 0 Å². The van der Waals surface area contributed by atoms with E-state index >= 15 is 0 Å². The van der Waals surface area contributed by atoms with E-state index < -0.39 is 0 Å². The molecule has 1 unspecified atom stereocenters. The molecule has 1 atom stereocenters. The molecule has 1 aromatic rings. The third-order valence-corrected chi connectivity index (χ3v) is 3.95. The second-order valence-electron chi connectivity index (χ2n) is 5.30. The van der Waals surface area contributed by atoms with E-state index in [2.05, 4.69) is 55.6 Å². The van der Waals surface area contributed by atoms with Crippen molar-refractivity contribution in [2.75, 3.05) is 26.0 Å². The molecule has 1 aromatic carbocycles. The smallest absolute Gasteiger partial charge is 0.0361 e. The van der Waals surface area contributed by atoms with Crippen molar-refractivity contribution in [1.82, 2.24) is 5.32 Å². The highest BCUT2D eigenvalue weighted by Gasteiger charge is 2.24. The van der Waals surface area contributed by atoms with Crippen LogP contribution in [-0.4, -0.2) is 21.1 Å². The van der Waals surface area contributed by atoms with Crippen LogP contribution in [0.3, 0.4) is 0 Å². The summed E-state index contributed by atoms with van der Waals surface area (Å²) in [5, 5.41) is 3.50. The van der Waals surface area contributed by atoms with E-state index in [0.717, 1.165) is 5.92 Å². The normalized spacial score (nSPS) is 18.3. The molecule has 0 aliphatic heterocycles. The first kappa shape index (κ1) is 12.4. The topological polar surface area (TPSA) is 15.3 Å². The number of hydrogen-bond acceptors (Lipinski definition) is 2. The maximum absolute atomic E-state index is 3.50. The molecule has 17 heavy (non-hydrogen) atoms. The molecule has 1 aliphatic carbocycles. The van der Waals surface area contributed by atoms with Crippen molar-refractivity contribution >= 4 is 5.69 Å². The summed E-state index contributed by atoms with van der Waals surface area (Å²) in [7, 11) is 6.26. The van der Waals surface area contributed by atoms with Crippen LogP contribution in [0.1, 0.15) is 37.3 Å². The molecule has 0 radical (unpaired) electrons. The second kappa shape index (κ2) is 5.54. The van der Waals surface area contributed by atoms with Crippen molar-refractivity contribution in [3.63, 3.8) is 0 Å². The lowest BCUT2D eigenvalue weighted by molar-refractivity contribution is 0.390. The van der Waals surface area contributed by atoms with Gasteiger partial charge in [-0.1, -0.05) is 25.0 Å². The zero-order valence-corrected chi connectivity index (χ0v) is 11.2. The largest absolute Gasteiger partial charge is 0.378 e. The summed E-state index contributed by atoms with van der Waals surface area (Å²) in [5.74, 6) is 0.824. The number of rotatable bonds is 4. The van der Waals surface area contributed by atoms with E-state index in [9.17, 15) is 0 Å². The lowest BCUT2D eigenvalue weighted by Gasteiger charge is -2.24. The monoisotopic (exact) mass is 232 g/mol. The second-order valence-corrected chi connectivity index (χ2v) is 5.30. The third kappa shape index (κ3) is 2.81. The molecule has 2 nitrogen and oxygen atoms in total. The van der Waals surface area contributed by atoms with Gasteiger partial charge in [-0.2, -0.15) is 0 Å². The average Bonchev–Trinajstić information content (AvgIpc) is 2.84. The van der Waals surface area contributed by atoms with Gasteiger partial charge >= 0.3 is 0 Å². The fourth-order valence-electron chi connectivity index (χ4n) is 2.95. The summed E-state index contributed by atoms with van der Waals surface area (Å²) in [6.07, 6.45) is 5.55. The molecule has 2 rings (SSSR count). The van der Waals surface area contributed by atoms with E-state index in [0.29, 0.717) is 6.04 Å². The van der Waals surface area contributed by atoms with E-state index in [-0.39, 0.29) is 0 Å². The van der Waals surface area contributed by atoms with Gasteiger partial charge < -0.3 is 10.2 Å². The number of nitrogens with zero attached hydrogens (tertiary/aromatic N) is 1. The first-order chi connectivity index (χ1) is 8.22.